The lowest BCUT2D eigenvalue weighted by molar-refractivity contribution is 0.0661. The fourth-order valence-electron chi connectivity index (χ4n) is 4.21. The second-order valence-electron chi connectivity index (χ2n) is 7.84. The maximum Gasteiger partial charge on any atom is 0.294 e. The summed E-state index contributed by atoms with van der Waals surface area (Å²) in [6.07, 6.45) is 2.94. The minimum Gasteiger partial charge on any atom is -0.327 e. The molecule has 0 spiro atoms. The Balaban J connectivity index is 1.46. The molecule has 34 heavy (non-hydrogen) atoms. The molecule has 0 N–H and O–H groups in total. The number of aryl methyl sites for hydroxylation is 1. The number of carbonyl (C=O) groups excluding carboxylic acids is 1. The van der Waals surface area contributed by atoms with E-state index in [2.05, 4.69) is 20.2 Å². The molecule has 174 valence electrons. The molecule has 8 nitrogen and oxygen atoms in total. The summed E-state index contributed by atoms with van der Waals surface area (Å²) in [4.78, 5) is 22.6. The number of nitrogens with zero attached hydrogens (tertiary/aromatic N) is 7. The highest BCUT2D eigenvalue weighted by molar-refractivity contribution is 5.91. The normalized spacial score (nSPS) is 15.5. The van der Waals surface area contributed by atoms with Crippen molar-refractivity contribution in [1.29, 1.82) is 0 Å². The summed E-state index contributed by atoms with van der Waals surface area (Å²) in [5.41, 5.74) is 1.84. The highest BCUT2D eigenvalue weighted by Gasteiger charge is 2.35. The van der Waals surface area contributed by atoms with Gasteiger partial charge in [-0.1, -0.05) is 0 Å². The number of benzene rings is 1. The molecule has 0 radical (unpaired) electrons. The first kappa shape index (κ1) is 21.7. The van der Waals surface area contributed by atoms with Gasteiger partial charge < -0.3 is 4.90 Å². The zero-order valence-corrected chi connectivity index (χ0v) is 18.0. The Labute approximate surface area is 190 Å². The molecule has 0 aliphatic carbocycles. The van der Waals surface area contributed by atoms with Gasteiger partial charge in [-0.2, -0.15) is 9.78 Å². The predicted octanol–water partition coefficient (Wildman–Crippen LogP) is 3.38. The minimum atomic E-state index is -1.54. The molecule has 0 saturated carbocycles. The van der Waals surface area contributed by atoms with E-state index < -0.39 is 35.2 Å². The third kappa shape index (κ3) is 3.42. The van der Waals surface area contributed by atoms with Gasteiger partial charge in [0.05, 0.1) is 17.4 Å². The second-order valence-corrected chi connectivity index (χ2v) is 7.84. The first-order valence-corrected chi connectivity index (χ1v) is 10.3. The van der Waals surface area contributed by atoms with Gasteiger partial charge >= 0.3 is 0 Å². The molecule has 12 heteroatoms. The monoisotopic (exact) mass is 471 g/mol. The van der Waals surface area contributed by atoms with Crippen LogP contribution in [0.1, 0.15) is 34.8 Å². The van der Waals surface area contributed by atoms with E-state index >= 15 is 0 Å². The molecule has 5 rings (SSSR count). The number of hydrogen-bond donors (Lipinski definition) is 0. The van der Waals surface area contributed by atoms with E-state index in [4.69, 9.17) is 0 Å². The molecule has 0 fully saturated rings. The van der Waals surface area contributed by atoms with Gasteiger partial charge in [-0.15, -0.1) is 5.10 Å². The first-order chi connectivity index (χ1) is 16.3. The number of fused-ring (bicyclic) bond motifs is 1. The zero-order chi connectivity index (χ0) is 24.1. The van der Waals surface area contributed by atoms with Gasteiger partial charge in [0.1, 0.15) is 6.33 Å². The molecule has 0 unspecified atom stereocenters. The molecule has 4 aromatic rings. The molecule has 1 aromatic carbocycles. The van der Waals surface area contributed by atoms with Crippen LogP contribution in [0.25, 0.3) is 17.1 Å². The Kier molecular flexibility index (Phi) is 5.14. The van der Waals surface area contributed by atoms with Gasteiger partial charge in [0.15, 0.2) is 29.1 Å². The summed E-state index contributed by atoms with van der Waals surface area (Å²) < 4.78 is 57.6. The number of pyridine rings is 1. The van der Waals surface area contributed by atoms with Gasteiger partial charge in [-0.05, 0) is 37.6 Å². The highest BCUT2D eigenvalue weighted by atomic mass is 19.2. The molecular formula is C22H17F4N7O. The summed E-state index contributed by atoms with van der Waals surface area (Å²) in [5, 5.41) is 8.53. The van der Waals surface area contributed by atoms with Gasteiger partial charge in [0.2, 0.25) is 5.82 Å². The fourth-order valence-corrected chi connectivity index (χ4v) is 4.21. The summed E-state index contributed by atoms with van der Waals surface area (Å²) in [5.74, 6) is -5.46. The summed E-state index contributed by atoms with van der Waals surface area (Å²) in [7, 11) is 1.61. The maximum absolute atomic E-state index is 14.0. The second kappa shape index (κ2) is 8.04. The molecule has 1 atom stereocenters. The predicted molar refractivity (Wildman–Crippen MR) is 111 cm³/mol. The molecule has 1 aliphatic heterocycles. The molecular weight excluding hydrogens is 454 g/mol. The number of rotatable bonds is 3. The van der Waals surface area contributed by atoms with Crippen LogP contribution >= 0.6 is 0 Å². The standard InChI is InChI=1S/C22H17F4N7O/c1-11-18-13(19(31(2)29-18)12-8-15(24)17(26)16(25)9-12)5-7-32(11)22(34)20-28-10-33(30-20)21-14(23)4-3-6-27-21/h3-4,6,8-11H,5,7H2,1-2H3/t11-/m0/s1. The van der Waals surface area contributed by atoms with E-state index in [1.807, 2.05) is 0 Å². The molecule has 0 saturated heterocycles. The van der Waals surface area contributed by atoms with Crippen LogP contribution in [0.5, 0.6) is 0 Å². The van der Waals surface area contributed by atoms with E-state index in [-0.39, 0.29) is 23.8 Å². The van der Waals surface area contributed by atoms with Crippen LogP contribution in [-0.2, 0) is 13.5 Å². The number of hydrogen-bond acceptors (Lipinski definition) is 5. The lowest BCUT2D eigenvalue weighted by Crippen LogP contribution is -2.39. The van der Waals surface area contributed by atoms with Gasteiger partial charge in [0.25, 0.3) is 5.91 Å². The third-order valence-electron chi connectivity index (χ3n) is 5.80. The highest BCUT2D eigenvalue weighted by Crippen LogP contribution is 2.36. The van der Waals surface area contributed by atoms with Crippen molar-refractivity contribution in [1.82, 2.24) is 34.4 Å². The van der Waals surface area contributed by atoms with Crippen LogP contribution in [0.15, 0.2) is 36.8 Å². The van der Waals surface area contributed by atoms with E-state index in [0.717, 1.165) is 16.8 Å². The summed E-state index contributed by atoms with van der Waals surface area (Å²) >= 11 is 0. The lowest BCUT2D eigenvalue weighted by atomic mass is 9.95. The molecule has 4 heterocycles. The van der Waals surface area contributed by atoms with E-state index in [1.165, 1.54) is 34.2 Å². The number of carbonyl (C=O) groups is 1. The van der Waals surface area contributed by atoms with Gasteiger partial charge in [0, 0.05) is 30.9 Å². The summed E-state index contributed by atoms with van der Waals surface area (Å²) in [6, 6.07) is 3.99. The van der Waals surface area contributed by atoms with Gasteiger partial charge in [-0.3, -0.25) is 9.48 Å². The van der Waals surface area contributed by atoms with Crippen molar-refractivity contribution in [3.63, 3.8) is 0 Å². The van der Waals surface area contributed by atoms with Crippen LogP contribution < -0.4 is 0 Å². The van der Waals surface area contributed by atoms with Crippen molar-refractivity contribution in [2.24, 2.45) is 7.05 Å². The zero-order valence-electron chi connectivity index (χ0n) is 18.0. The topological polar surface area (TPSA) is 81.7 Å². The lowest BCUT2D eigenvalue weighted by Gasteiger charge is -2.32. The van der Waals surface area contributed by atoms with Crippen LogP contribution in [0.3, 0.4) is 0 Å². The Morgan fingerprint density at radius 3 is 2.50 bits per heavy atom. The molecule has 1 aliphatic rings. The Bertz CT molecular complexity index is 1410. The van der Waals surface area contributed by atoms with E-state index in [0.29, 0.717) is 23.4 Å². The minimum absolute atomic E-state index is 0.0869. The van der Waals surface area contributed by atoms with E-state index in [1.54, 1.807) is 14.0 Å². The van der Waals surface area contributed by atoms with Crippen LogP contribution in [-0.4, -0.2) is 46.9 Å². The quantitative estimate of drug-likeness (QED) is 0.338. The van der Waals surface area contributed by atoms with Crippen molar-refractivity contribution in [3.05, 3.63) is 77.1 Å². The first-order valence-electron chi connectivity index (χ1n) is 10.3. The maximum atomic E-state index is 14.0. The van der Waals surface area contributed by atoms with Crippen molar-refractivity contribution in [3.8, 4) is 17.1 Å². The average Bonchev–Trinajstić information content (AvgIpc) is 3.42. The number of amides is 1. The fraction of sp³-hybridized carbons (Fsp3) is 0.227. The van der Waals surface area contributed by atoms with Gasteiger partial charge in [-0.25, -0.2) is 27.5 Å². The largest absolute Gasteiger partial charge is 0.327 e. The number of aromatic nitrogens is 6. The molecule has 0 bridgehead atoms. The Hall–Kier alpha value is -4.09. The van der Waals surface area contributed by atoms with Crippen molar-refractivity contribution >= 4 is 5.91 Å². The number of halogens is 4. The van der Waals surface area contributed by atoms with Crippen LogP contribution in [0.2, 0.25) is 0 Å². The van der Waals surface area contributed by atoms with Crippen LogP contribution in [0, 0.1) is 23.3 Å². The Morgan fingerprint density at radius 2 is 1.79 bits per heavy atom. The van der Waals surface area contributed by atoms with E-state index in [9.17, 15) is 22.4 Å². The SMILES string of the molecule is C[C@H]1c2nn(C)c(-c3cc(F)c(F)c(F)c3)c2CCN1C(=O)c1ncn(-c2ncccc2F)n1. The van der Waals surface area contributed by atoms with Crippen molar-refractivity contribution in [2.75, 3.05) is 6.54 Å². The average molecular weight is 471 g/mol. The molecule has 3 aromatic heterocycles. The third-order valence-corrected chi connectivity index (χ3v) is 5.80. The van der Waals surface area contributed by atoms with Crippen molar-refractivity contribution in [2.45, 2.75) is 19.4 Å². The molecule has 1 amide bonds. The Morgan fingerprint density at radius 1 is 1.06 bits per heavy atom. The smallest absolute Gasteiger partial charge is 0.294 e. The summed E-state index contributed by atoms with van der Waals surface area (Å²) in [6.45, 7) is 2.01. The van der Waals surface area contributed by atoms with Crippen LogP contribution in [0.4, 0.5) is 17.6 Å². The van der Waals surface area contributed by atoms with Crippen molar-refractivity contribution < 1.29 is 22.4 Å².